The van der Waals surface area contributed by atoms with E-state index in [0.29, 0.717) is 41.3 Å². The van der Waals surface area contributed by atoms with Crippen molar-refractivity contribution in [3.8, 4) is 11.4 Å². The molecule has 0 radical (unpaired) electrons. The van der Waals surface area contributed by atoms with Gasteiger partial charge in [0.1, 0.15) is 11.4 Å². The van der Waals surface area contributed by atoms with E-state index >= 15 is 0 Å². The van der Waals surface area contributed by atoms with Gasteiger partial charge in [-0.25, -0.2) is 4.98 Å². The highest BCUT2D eigenvalue weighted by molar-refractivity contribution is 6.07. The summed E-state index contributed by atoms with van der Waals surface area (Å²) in [6.45, 7) is 5.66. The standard InChI is InChI=1S/C26H31N7O3/c1-7-33-16(2)18(13-28-33)14-31(4)26(35)20-11-22(23-12-24(25(34)27-3)32(5)30-23)29-21-9-8-17(15-36-6)10-19(20)21/h8-13H,7,14-15H2,1-6H3,(H,27,34). The molecule has 10 nitrogen and oxygen atoms in total. The largest absolute Gasteiger partial charge is 0.380 e. The van der Waals surface area contributed by atoms with Gasteiger partial charge in [-0.1, -0.05) is 6.07 Å². The molecule has 0 aliphatic heterocycles. The summed E-state index contributed by atoms with van der Waals surface area (Å²) < 4.78 is 8.71. The fraction of sp³-hybridized carbons (Fsp3) is 0.346. The minimum Gasteiger partial charge on any atom is -0.380 e. The number of nitrogens with zero attached hydrogens (tertiary/aromatic N) is 6. The molecule has 3 aromatic heterocycles. The normalized spacial score (nSPS) is 11.2. The number of aryl methyl sites for hydroxylation is 2. The van der Waals surface area contributed by atoms with Crippen LogP contribution in [0.25, 0.3) is 22.3 Å². The summed E-state index contributed by atoms with van der Waals surface area (Å²) in [4.78, 5) is 32.4. The van der Waals surface area contributed by atoms with Gasteiger partial charge in [-0.15, -0.1) is 0 Å². The number of aromatic nitrogens is 5. The Labute approximate surface area is 209 Å². The summed E-state index contributed by atoms with van der Waals surface area (Å²) in [5, 5.41) is 12.2. The Bertz CT molecular complexity index is 1440. The molecule has 0 aliphatic carbocycles. The molecule has 1 N–H and O–H groups in total. The van der Waals surface area contributed by atoms with Gasteiger partial charge in [-0.3, -0.25) is 19.0 Å². The fourth-order valence-corrected chi connectivity index (χ4v) is 4.26. The Morgan fingerprint density at radius 2 is 1.94 bits per heavy atom. The third-order valence-corrected chi connectivity index (χ3v) is 6.28. The van der Waals surface area contributed by atoms with Crippen LogP contribution in [-0.4, -0.2) is 62.5 Å². The van der Waals surface area contributed by atoms with E-state index in [4.69, 9.17) is 9.72 Å². The molecule has 4 rings (SSSR count). The number of methoxy groups -OCH3 is 1. The van der Waals surface area contributed by atoms with E-state index in [1.54, 1.807) is 45.3 Å². The monoisotopic (exact) mass is 489 g/mol. The zero-order chi connectivity index (χ0) is 26.0. The van der Waals surface area contributed by atoms with Crippen molar-refractivity contribution in [1.82, 2.24) is 34.8 Å². The quantitative estimate of drug-likeness (QED) is 0.408. The van der Waals surface area contributed by atoms with Crippen LogP contribution in [0.3, 0.4) is 0 Å². The van der Waals surface area contributed by atoms with E-state index in [-0.39, 0.29) is 11.8 Å². The van der Waals surface area contributed by atoms with Gasteiger partial charge < -0.3 is 15.0 Å². The lowest BCUT2D eigenvalue weighted by molar-refractivity contribution is 0.0786. The molecule has 0 bridgehead atoms. The second kappa shape index (κ2) is 10.3. The molecule has 10 heteroatoms. The number of carbonyl (C=O) groups excluding carboxylic acids is 2. The molecule has 188 valence electrons. The number of carbonyl (C=O) groups is 2. The summed E-state index contributed by atoms with van der Waals surface area (Å²) in [5.41, 5.74) is 5.56. The highest BCUT2D eigenvalue weighted by Gasteiger charge is 2.21. The topological polar surface area (TPSA) is 107 Å². The van der Waals surface area contributed by atoms with Crippen LogP contribution in [0.4, 0.5) is 0 Å². The molecule has 2 amide bonds. The van der Waals surface area contributed by atoms with E-state index in [9.17, 15) is 9.59 Å². The Morgan fingerprint density at radius 3 is 2.61 bits per heavy atom. The molecule has 4 aromatic rings. The maximum Gasteiger partial charge on any atom is 0.269 e. The first-order chi connectivity index (χ1) is 17.3. The van der Waals surface area contributed by atoms with Gasteiger partial charge in [0.05, 0.1) is 29.6 Å². The molecule has 0 atom stereocenters. The summed E-state index contributed by atoms with van der Waals surface area (Å²) in [6, 6.07) is 9.16. The average Bonchev–Trinajstić information content (AvgIpc) is 3.44. The first-order valence-corrected chi connectivity index (χ1v) is 11.7. The maximum atomic E-state index is 13.8. The van der Waals surface area contributed by atoms with Crippen LogP contribution in [0, 0.1) is 6.92 Å². The lowest BCUT2D eigenvalue weighted by Gasteiger charge is -2.19. The molecule has 36 heavy (non-hydrogen) atoms. The third-order valence-electron chi connectivity index (χ3n) is 6.28. The Kier molecular flexibility index (Phi) is 7.16. The second-order valence-corrected chi connectivity index (χ2v) is 8.69. The second-order valence-electron chi connectivity index (χ2n) is 8.69. The fourth-order valence-electron chi connectivity index (χ4n) is 4.26. The van der Waals surface area contributed by atoms with Crippen molar-refractivity contribution >= 4 is 22.7 Å². The number of amides is 2. The molecule has 0 saturated heterocycles. The van der Waals surface area contributed by atoms with Gasteiger partial charge in [0, 0.05) is 58.0 Å². The van der Waals surface area contributed by atoms with Gasteiger partial charge in [-0.05, 0) is 43.7 Å². The molecule has 0 spiro atoms. The molecular formula is C26H31N7O3. The third kappa shape index (κ3) is 4.72. The zero-order valence-corrected chi connectivity index (χ0v) is 21.5. The first-order valence-electron chi connectivity index (χ1n) is 11.7. The van der Waals surface area contributed by atoms with Crippen molar-refractivity contribution in [3.63, 3.8) is 0 Å². The van der Waals surface area contributed by atoms with E-state index in [1.165, 1.54) is 4.68 Å². The molecule has 0 unspecified atom stereocenters. The first kappa shape index (κ1) is 25.1. The number of nitrogens with one attached hydrogen (secondary N) is 1. The van der Waals surface area contributed by atoms with E-state index < -0.39 is 0 Å². The van der Waals surface area contributed by atoms with Gasteiger partial charge in [0.15, 0.2) is 0 Å². The smallest absolute Gasteiger partial charge is 0.269 e. The molecule has 0 aliphatic rings. The van der Waals surface area contributed by atoms with Crippen LogP contribution < -0.4 is 5.32 Å². The van der Waals surface area contributed by atoms with Crippen molar-refractivity contribution in [2.24, 2.45) is 7.05 Å². The Balaban J connectivity index is 1.80. The predicted molar refractivity (Wildman–Crippen MR) is 136 cm³/mol. The van der Waals surface area contributed by atoms with Crippen LogP contribution >= 0.6 is 0 Å². The lowest BCUT2D eigenvalue weighted by atomic mass is 10.0. The minimum atomic E-state index is -0.250. The average molecular weight is 490 g/mol. The van der Waals surface area contributed by atoms with Gasteiger partial charge in [-0.2, -0.15) is 10.2 Å². The Hall–Kier alpha value is -4.05. The van der Waals surface area contributed by atoms with Crippen molar-refractivity contribution in [2.75, 3.05) is 21.2 Å². The maximum absolute atomic E-state index is 13.8. The van der Waals surface area contributed by atoms with E-state index in [1.807, 2.05) is 42.9 Å². The van der Waals surface area contributed by atoms with E-state index in [0.717, 1.165) is 28.8 Å². The number of hydrogen-bond donors (Lipinski definition) is 1. The summed E-state index contributed by atoms with van der Waals surface area (Å²) >= 11 is 0. The number of rotatable bonds is 8. The summed E-state index contributed by atoms with van der Waals surface area (Å²) in [7, 11) is 6.68. The molecule has 0 fully saturated rings. The van der Waals surface area contributed by atoms with Crippen LogP contribution in [0.1, 0.15) is 44.6 Å². The summed E-state index contributed by atoms with van der Waals surface area (Å²) in [5.74, 6) is -0.399. The minimum absolute atomic E-state index is 0.149. The SMILES string of the molecule is CCn1ncc(CN(C)C(=O)c2cc(-c3cc(C(=O)NC)n(C)n3)nc3ccc(COC)cc23)c1C. The number of fused-ring (bicyclic) bond motifs is 1. The molecule has 1 aromatic carbocycles. The van der Waals surface area contributed by atoms with Gasteiger partial charge >= 0.3 is 0 Å². The lowest BCUT2D eigenvalue weighted by Crippen LogP contribution is -2.27. The Morgan fingerprint density at radius 1 is 1.17 bits per heavy atom. The van der Waals surface area contributed by atoms with Crippen molar-refractivity contribution in [2.45, 2.75) is 33.5 Å². The predicted octanol–water partition coefficient (Wildman–Crippen LogP) is 2.94. The number of ether oxygens (including phenoxy) is 1. The van der Waals surface area contributed by atoms with Crippen LogP contribution in [0.5, 0.6) is 0 Å². The molecular weight excluding hydrogens is 458 g/mol. The molecule has 0 saturated carbocycles. The number of pyridine rings is 1. The zero-order valence-electron chi connectivity index (χ0n) is 21.5. The van der Waals surface area contributed by atoms with Crippen molar-refractivity contribution in [3.05, 3.63) is 64.6 Å². The van der Waals surface area contributed by atoms with Gasteiger partial charge in [0.2, 0.25) is 0 Å². The highest BCUT2D eigenvalue weighted by Crippen LogP contribution is 2.27. The van der Waals surface area contributed by atoms with Crippen LogP contribution in [-0.2, 0) is 31.5 Å². The van der Waals surface area contributed by atoms with Gasteiger partial charge in [0.25, 0.3) is 11.8 Å². The summed E-state index contributed by atoms with van der Waals surface area (Å²) in [6.07, 6.45) is 1.81. The van der Waals surface area contributed by atoms with Crippen LogP contribution in [0.2, 0.25) is 0 Å². The molecule has 3 heterocycles. The number of hydrogen-bond acceptors (Lipinski definition) is 6. The number of benzene rings is 1. The van der Waals surface area contributed by atoms with Crippen molar-refractivity contribution in [1.29, 1.82) is 0 Å². The highest BCUT2D eigenvalue weighted by atomic mass is 16.5. The van der Waals surface area contributed by atoms with E-state index in [2.05, 4.69) is 15.5 Å². The van der Waals surface area contributed by atoms with Crippen molar-refractivity contribution < 1.29 is 14.3 Å². The van der Waals surface area contributed by atoms with Crippen LogP contribution in [0.15, 0.2) is 36.5 Å².